The Hall–Kier alpha value is -0.610. The van der Waals surface area contributed by atoms with Crippen molar-refractivity contribution >= 4 is 35.8 Å². The number of carbonyl (C=O) groups is 1. The second kappa shape index (κ2) is 14.7. The van der Waals surface area contributed by atoms with Crippen molar-refractivity contribution in [1.29, 1.82) is 0 Å². The Bertz CT molecular complexity index is 361. The number of aliphatic imine (C=N–C) groups is 1. The van der Waals surface area contributed by atoms with Gasteiger partial charge in [-0.3, -0.25) is 4.79 Å². The van der Waals surface area contributed by atoms with E-state index < -0.39 is 0 Å². The molecule has 142 valence electrons. The molecule has 0 radical (unpaired) electrons. The number of halogens is 1. The monoisotopic (exact) mass is 456 g/mol. The van der Waals surface area contributed by atoms with Crippen LogP contribution in [0, 0.1) is 5.92 Å². The Labute approximate surface area is 162 Å². The fourth-order valence-corrected chi connectivity index (χ4v) is 2.05. The molecule has 0 aromatic rings. The summed E-state index contributed by atoms with van der Waals surface area (Å²) in [7, 11) is 3.47. The molecular formula is C16H33IN4O3. The van der Waals surface area contributed by atoms with Gasteiger partial charge in [0.2, 0.25) is 5.91 Å². The lowest BCUT2D eigenvalue weighted by Gasteiger charge is -2.13. The highest BCUT2D eigenvalue weighted by molar-refractivity contribution is 14.0. The first-order valence-electron chi connectivity index (χ1n) is 8.51. The lowest BCUT2D eigenvalue weighted by Crippen LogP contribution is -2.39. The zero-order valence-electron chi connectivity index (χ0n) is 15.2. The van der Waals surface area contributed by atoms with Crippen LogP contribution in [0.2, 0.25) is 0 Å². The van der Waals surface area contributed by atoms with E-state index in [1.165, 1.54) is 0 Å². The first kappa shape index (κ1) is 23.4. The van der Waals surface area contributed by atoms with Crippen LogP contribution in [-0.4, -0.2) is 76.9 Å². The van der Waals surface area contributed by atoms with Gasteiger partial charge >= 0.3 is 0 Å². The predicted octanol–water partition coefficient (Wildman–Crippen LogP) is 1.08. The average molecular weight is 456 g/mol. The van der Waals surface area contributed by atoms with Crippen LogP contribution >= 0.6 is 24.0 Å². The maximum Gasteiger partial charge on any atom is 0.243 e. The van der Waals surface area contributed by atoms with Crippen LogP contribution in [0.25, 0.3) is 0 Å². The highest BCUT2D eigenvalue weighted by Gasteiger charge is 2.15. The SMILES string of the molecule is CCCNC(=NCC(=O)N(C)C)NCCCOCC1CCOC1.I. The number of guanidine groups is 1. The maximum absolute atomic E-state index is 11.6. The van der Waals surface area contributed by atoms with Gasteiger partial charge < -0.3 is 25.0 Å². The first-order valence-corrected chi connectivity index (χ1v) is 8.51. The molecule has 24 heavy (non-hydrogen) atoms. The van der Waals surface area contributed by atoms with Gasteiger partial charge in [-0.2, -0.15) is 0 Å². The number of likely N-dealkylation sites (N-methyl/N-ethyl adjacent to an activating group) is 1. The lowest BCUT2D eigenvalue weighted by molar-refractivity contribution is -0.127. The zero-order valence-corrected chi connectivity index (χ0v) is 17.5. The summed E-state index contributed by atoms with van der Waals surface area (Å²) in [5.41, 5.74) is 0. The largest absolute Gasteiger partial charge is 0.381 e. The summed E-state index contributed by atoms with van der Waals surface area (Å²) in [5.74, 6) is 1.24. The molecule has 1 fully saturated rings. The molecule has 8 heteroatoms. The summed E-state index contributed by atoms with van der Waals surface area (Å²) in [5, 5.41) is 6.45. The van der Waals surface area contributed by atoms with Crippen LogP contribution in [0.4, 0.5) is 0 Å². The third-order valence-electron chi connectivity index (χ3n) is 3.55. The van der Waals surface area contributed by atoms with Crippen LogP contribution in [0.3, 0.4) is 0 Å². The number of nitrogens with zero attached hydrogens (tertiary/aromatic N) is 2. The fraction of sp³-hybridized carbons (Fsp3) is 0.875. The summed E-state index contributed by atoms with van der Waals surface area (Å²) in [4.78, 5) is 17.4. The van der Waals surface area contributed by atoms with Gasteiger partial charge in [-0.25, -0.2) is 4.99 Å². The van der Waals surface area contributed by atoms with Gasteiger partial charge in [0.15, 0.2) is 5.96 Å². The molecule has 0 spiro atoms. The summed E-state index contributed by atoms with van der Waals surface area (Å²) in [6.45, 7) is 7.06. The maximum atomic E-state index is 11.6. The molecule has 1 aliphatic heterocycles. The molecule has 7 nitrogen and oxygen atoms in total. The molecular weight excluding hydrogens is 423 g/mol. The third-order valence-corrected chi connectivity index (χ3v) is 3.55. The van der Waals surface area contributed by atoms with Gasteiger partial charge in [-0.15, -0.1) is 24.0 Å². The van der Waals surface area contributed by atoms with Crippen molar-refractivity contribution in [1.82, 2.24) is 15.5 Å². The second-order valence-corrected chi connectivity index (χ2v) is 5.96. The molecule has 0 aromatic carbocycles. The van der Waals surface area contributed by atoms with E-state index in [2.05, 4.69) is 22.5 Å². The number of nitrogens with one attached hydrogen (secondary N) is 2. The number of rotatable bonds is 10. The van der Waals surface area contributed by atoms with Crippen molar-refractivity contribution in [3.8, 4) is 0 Å². The van der Waals surface area contributed by atoms with Crippen LogP contribution in [0.1, 0.15) is 26.2 Å². The first-order chi connectivity index (χ1) is 11.1. The zero-order chi connectivity index (χ0) is 16.9. The normalized spacial score (nSPS) is 17.3. The Kier molecular flexibility index (Phi) is 14.3. The van der Waals surface area contributed by atoms with Crippen molar-refractivity contribution in [2.24, 2.45) is 10.9 Å². The fourth-order valence-electron chi connectivity index (χ4n) is 2.05. The summed E-state index contributed by atoms with van der Waals surface area (Å²) in [6, 6.07) is 0. The lowest BCUT2D eigenvalue weighted by atomic mass is 10.1. The molecule has 1 aliphatic rings. The van der Waals surface area contributed by atoms with E-state index in [0.29, 0.717) is 11.9 Å². The number of hydrogen-bond acceptors (Lipinski definition) is 4. The summed E-state index contributed by atoms with van der Waals surface area (Å²) >= 11 is 0. The van der Waals surface area contributed by atoms with Crippen molar-refractivity contribution in [3.63, 3.8) is 0 Å². The topological polar surface area (TPSA) is 75.2 Å². The van der Waals surface area contributed by atoms with Crippen molar-refractivity contribution in [3.05, 3.63) is 0 Å². The summed E-state index contributed by atoms with van der Waals surface area (Å²) < 4.78 is 11.0. The van der Waals surface area contributed by atoms with Gasteiger partial charge in [-0.05, 0) is 19.3 Å². The minimum Gasteiger partial charge on any atom is -0.381 e. The molecule has 1 saturated heterocycles. The van der Waals surface area contributed by atoms with E-state index in [1.807, 2.05) is 0 Å². The van der Waals surface area contributed by atoms with Crippen molar-refractivity contribution in [2.45, 2.75) is 26.2 Å². The smallest absolute Gasteiger partial charge is 0.243 e. The van der Waals surface area contributed by atoms with E-state index >= 15 is 0 Å². The number of hydrogen-bond donors (Lipinski definition) is 2. The van der Waals surface area contributed by atoms with Gasteiger partial charge in [0.1, 0.15) is 6.54 Å². The van der Waals surface area contributed by atoms with Crippen LogP contribution in [-0.2, 0) is 14.3 Å². The molecule has 1 rings (SSSR count). The van der Waals surface area contributed by atoms with Crippen molar-refractivity contribution < 1.29 is 14.3 Å². The molecule has 1 amide bonds. The minimum atomic E-state index is -0.00952. The molecule has 1 heterocycles. The quantitative estimate of drug-likeness (QED) is 0.223. The highest BCUT2D eigenvalue weighted by Crippen LogP contribution is 2.12. The van der Waals surface area contributed by atoms with E-state index in [-0.39, 0.29) is 36.4 Å². The van der Waals surface area contributed by atoms with Gasteiger partial charge in [0, 0.05) is 46.3 Å². The molecule has 0 saturated carbocycles. The highest BCUT2D eigenvalue weighted by atomic mass is 127. The summed E-state index contributed by atoms with van der Waals surface area (Å²) in [6.07, 6.45) is 3.02. The van der Waals surface area contributed by atoms with Gasteiger partial charge in [-0.1, -0.05) is 6.92 Å². The average Bonchev–Trinajstić information content (AvgIpc) is 3.05. The van der Waals surface area contributed by atoms with Crippen LogP contribution in [0.15, 0.2) is 4.99 Å². The molecule has 1 unspecified atom stereocenters. The number of amides is 1. The van der Waals surface area contributed by atoms with E-state index in [9.17, 15) is 4.79 Å². The number of ether oxygens (including phenoxy) is 2. The Morgan fingerprint density at radius 1 is 1.33 bits per heavy atom. The molecule has 2 N–H and O–H groups in total. The van der Waals surface area contributed by atoms with Crippen LogP contribution < -0.4 is 10.6 Å². The Morgan fingerprint density at radius 3 is 2.71 bits per heavy atom. The number of carbonyl (C=O) groups excluding carboxylic acids is 1. The Balaban J connectivity index is 0.00000529. The predicted molar refractivity (Wildman–Crippen MR) is 107 cm³/mol. The molecule has 1 atom stereocenters. The van der Waals surface area contributed by atoms with E-state index in [4.69, 9.17) is 9.47 Å². The molecule has 0 bridgehead atoms. The molecule has 0 aliphatic carbocycles. The Morgan fingerprint density at radius 2 is 2.08 bits per heavy atom. The van der Waals surface area contributed by atoms with Gasteiger partial charge in [0.25, 0.3) is 0 Å². The van der Waals surface area contributed by atoms with Gasteiger partial charge in [0.05, 0.1) is 13.2 Å². The second-order valence-electron chi connectivity index (χ2n) is 5.96. The third kappa shape index (κ3) is 11.0. The molecule has 0 aromatic heterocycles. The standard InChI is InChI=1S/C16H32N4O3.HI/c1-4-7-17-16(19-11-15(21)20(2)3)18-8-5-9-22-12-14-6-10-23-13-14;/h14H,4-13H2,1-3H3,(H2,17,18,19);1H. The van der Waals surface area contributed by atoms with Crippen molar-refractivity contribution in [2.75, 3.05) is 60.2 Å². The van der Waals surface area contributed by atoms with Crippen LogP contribution in [0.5, 0.6) is 0 Å². The van der Waals surface area contributed by atoms with E-state index in [1.54, 1.807) is 19.0 Å². The minimum absolute atomic E-state index is 0. The van der Waals surface area contributed by atoms with E-state index in [0.717, 1.165) is 58.8 Å².